The van der Waals surface area contributed by atoms with Gasteiger partial charge in [-0.3, -0.25) is 4.79 Å². The van der Waals surface area contributed by atoms with E-state index in [-0.39, 0.29) is 23.5 Å². The largest absolute Gasteiger partial charge is 0.433 e. The second-order valence-corrected chi connectivity index (χ2v) is 10.0. The molecule has 0 heterocycles. The highest BCUT2D eigenvalue weighted by Gasteiger charge is 2.38. The quantitative estimate of drug-likeness (QED) is 0.179. The highest BCUT2D eigenvalue weighted by atomic mass is 35.5. The van der Waals surface area contributed by atoms with Crippen LogP contribution >= 0.6 is 11.6 Å². The number of nitrogens with one attached hydrogen (secondary N) is 1. The van der Waals surface area contributed by atoms with Crippen molar-refractivity contribution in [3.05, 3.63) is 130 Å². The molecule has 0 aliphatic rings. The number of carbonyl (C=O) groups is 1. The molecule has 0 spiro atoms. The first-order chi connectivity index (χ1) is 19.4. The number of hydrogen-bond acceptors (Lipinski definition) is 3. The molecule has 4 nitrogen and oxygen atoms in total. The van der Waals surface area contributed by atoms with Gasteiger partial charge in [-0.1, -0.05) is 79.2 Å². The standard InChI is InChI=1S/C32H28ClF4NO3/c1-3-32(36,37)41-28-17-9-14-25(20-28)31(21-22-10-5-4-6-11-22,38-29(39)23-12-7-15-26(33)18-23)24-13-8-16-27(19-24)40-30(2,34)35/h4-20H,3,21H2,1-2H3,(H,38,39). The summed E-state index contributed by atoms with van der Waals surface area (Å²) in [4.78, 5) is 13.8. The van der Waals surface area contributed by atoms with Crippen LogP contribution in [0.15, 0.2) is 103 Å². The Hall–Kier alpha value is -4.04. The SMILES string of the molecule is CCC(F)(F)Oc1cccc(C(Cc2ccccc2)(NC(=O)c2cccc(Cl)c2)c2cccc(OC(C)(F)F)c2)c1. The smallest absolute Gasteiger partial charge is 0.397 e. The molecule has 1 N–H and O–H groups in total. The zero-order valence-corrected chi connectivity index (χ0v) is 23.1. The lowest BCUT2D eigenvalue weighted by Gasteiger charge is -2.37. The third-order valence-corrected chi connectivity index (χ3v) is 6.59. The van der Waals surface area contributed by atoms with Crippen LogP contribution in [0, 0.1) is 0 Å². The summed E-state index contributed by atoms with van der Waals surface area (Å²) in [5.74, 6) is -0.800. The van der Waals surface area contributed by atoms with E-state index < -0.39 is 30.1 Å². The molecule has 0 aliphatic carbocycles. The zero-order chi connectivity index (χ0) is 29.7. The molecule has 1 atom stereocenters. The second kappa shape index (κ2) is 12.2. The van der Waals surface area contributed by atoms with Gasteiger partial charge in [0.15, 0.2) is 0 Å². The summed E-state index contributed by atoms with van der Waals surface area (Å²) in [6.07, 6.45) is -7.32. The summed E-state index contributed by atoms with van der Waals surface area (Å²) < 4.78 is 65.9. The molecular weight excluding hydrogens is 558 g/mol. The summed E-state index contributed by atoms with van der Waals surface area (Å²) in [6, 6.07) is 27.4. The van der Waals surface area contributed by atoms with Crippen LogP contribution in [-0.4, -0.2) is 18.1 Å². The summed E-state index contributed by atoms with van der Waals surface area (Å²) in [5, 5.41) is 3.40. The molecule has 214 valence electrons. The Morgan fingerprint density at radius 1 is 0.780 bits per heavy atom. The topological polar surface area (TPSA) is 47.6 Å². The van der Waals surface area contributed by atoms with E-state index in [2.05, 4.69) is 5.32 Å². The lowest BCUT2D eigenvalue weighted by Crippen LogP contribution is -2.48. The fourth-order valence-electron chi connectivity index (χ4n) is 4.46. The number of benzene rings is 4. The molecule has 0 aliphatic heterocycles. The molecule has 0 aromatic heterocycles. The number of amides is 1. The minimum Gasteiger partial charge on any atom is -0.433 e. The maximum atomic E-state index is 14.2. The first-order valence-corrected chi connectivity index (χ1v) is 13.2. The number of ether oxygens (including phenoxy) is 2. The molecule has 0 radical (unpaired) electrons. The highest BCUT2D eigenvalue weighted by molar-refractivity contribution is 6.31. The van der Waals surface area contributed by atoms with Gasteiger partial charge in [-0.2, -0.15) is 17.6 Å². The molecule has 1 unspecified atom stereocenters. The van der Waals surface area contributed by atoms with Crippen molar-refractivity contribution in [2.45, 2.75) is 44.4 Å². The maximum absolute atomic E-state index is 14.2. The molecular formula is C32H28ClF4NO3. The van der Waals surface area contributed by atoms with Crippen molar-refractivity contribution in [1.29, 1.82) is 0 Å². The minimum absolute atomic E-state index is 0.125. The van der Waals surface area contributed by atoms with Crippen molar-refractivity contribution in [3.8, 4) is 11.5 Å². The number of carbonyl (C=O) groups excluding carboxylic acids is 1. The molecule has 1 amide bonds. The third-order valence-electron chi connectivity index (χ3n) is 6.36. The molecule has 0 saturated heterocycles. The number of alkyl halides is 4. The predicted molar refractivity (Wildman–Crippen MR) is 150 cm³/mol. The van der Waals surface area contributed by atoms with Crippen LogP contribution in [0.4, 0.5) is 17.6 Å². The molecule has 41 heavy (non-hydrogen) atoms. The minimum atomic E-state index is -3.47. The summed E-state index contributed by atoms with van der Waals surface area (Å²) in [7, 11) is 0. The lowest BCUT2D eigenvalue weighted by atomic mass is 9.77. The Labute approximate surface area is 240 Å². The molecule has 0 fully saturated rings. The highest BCUT2D eigenvalue weighted by Crippen LogP contribution is 2.38. The number of hydrogen-bond donors (Lipinski definition) is 1. The lowest BCUT2D eigenvalue weighted by molar-refractivity contribution is -0.177. The van der Waals surface area contributed by atoms with Crippen molar-refractivity contribution >= 4 is 17.5 Å². The van der Waals surface area contributed by atoms with Gasteiger partial charge in [-0.25, -0.2) is 0 Å². The Morgan fingerprint density at radius 3 is 1.93 bits per heavy atom. The van der Waals surface area contributed by atoms with E-state index in [1.807, 2.05) is 30.3 Å². The Morgan fingerprint density at radius 2 is 1.37 bits per heavy atom. The van der Waals surface area contributed by atoms with Gasteiger partial charge in [0.2, 0.25) is 0 Å². The van der Waals surface area contributed by atoms with Crippen LogP contribution in [-0.2, 0) is 12.0 Å². The van der Waals surface area contributed by atoms with Crippen molar-refractivity contribution < 1.29 is 31.8 Å². The van der Waals surface area contributed by atoms with Gasteiger partial charge in [0.05, 0.1) is 5.54 Å². The van der Waals surface area contributed by atoms with E-state index in [0.29, 0.717) is 23.1 Å². The van der Waals surface area contributed by atoms with Gasteiger partial charge in [0.1, 0.15) is 11.5 Å². The van der Waals surface area contributed by atoms with Gasteiger partial charge in [-0.05, 0) is 59.2 Å². The average molecular weight is 586 g/mol. The van der Waals surface area contributed by atoms with E-state index in [0.717, 1.165) is 5.56 Å². The van der Waals surface area contributed by atoms with Crippen molar-refractivity contribution in [1.82, 2.24) is 5.32 Å². The van der Waals surface area contributed by atoms with Crippen LogP contribution in [0.25, 0.3) is 0 Å². The number of halogens is 5. The van der Waals surface area contributed by atoms with Crippen LogP contribution in [0.2, 0.25) is 5.02 Å². The molecule has 9 heteroatoms. The fourth-order valence-corrected chi connectivity index (χ4v) is 4.65. The first kappa shape index (κ1) is 29.9. The van der Waals surface area contributed by atoms with E-state index in [4.69, 9.17) is 21.1 Å². The molecule has 4 rings (SSSR count). The van der Waals surface area contributed by atoms with Gasteiger partial charge in [-0.15, -0.1) is 0 Å². The second-order valence-electron chi connectivity index (χ2n) is 9.59. The predicted octanol–water partition coefficient (Wildman–Crippen LogP) is 8.63. The van der Waals surface area contributed by atoms with Crippen molar-refractivity contribution in [2.24, 2.45) is 0 Å². The van der Waals surface area contributed by atoms with E-state index >= 15 is 0 Å². The van der Waals surface area contributed by atoms with Crippen molar-refractivity contribution in [2.75, 3.05) is 0 Å². The van der Waals surface area contributed by atoms with Gasteiger partial charge in [0.25, 0.3) is 5.91 Å². The van der Waals surface area contributed by atoms with E-state index in [1.165, 1.54) is 49.4 Å². The summed E-state index contributed by atoms with van der Waals surface area (Å²) in [6.45, 7) is 1.91. The van der Waals surface area contributed by atoms with Crippen LogP contribution < -0.4 is 14.8 Å². The summed E-state index contributed by atoms with van der Waals surface area (Å²) >= 11 is 6.15. The number of rotatable bonds is 11. The van der Waals surface area contributed by atoms with E-state index in [9.17, 15) is 22.4 Å². The Balaban J connectivity index is 1.95. The fraction of sp³-hybridized carbons (Fsp3) is 0.219. The van der Waals surface area contributed by atoms with Crippen LogP contribution in [0.3, 0.4) is 0 Å². The van der Waals surface area contributed by atoms with Crippen LogP contribution in [0.1, 0.15) is 47.3 Å². The first-order valence-electron chi connectivity index (χ1n) is 12.9. The van der Waals surface area contributed by atoms with Gasteiger partial charge >= 0.3 is 12.2 Å². The Kier molecular flexibility index (Phi) is 8.92. The maximum Gasteiger partial charge on any atom is 0.397 e. The molecule has 0 saturated carbocycles. The average Bonchev–Trinajstić information content (AvgIpc) is 2.92. The third kappa shape index (κ3) is 7.79. The normalized spacial score (nSPS) is 13.2. The van der Waals surface area contributed by atoms with Gasteiger partial charge < -0.3 is 14.8 Å². The van der Waals surface area contributed by atoms with E-state index in [1.54, 1.807) is 30.3 Å². The zero-order valence-electron chi connectivity index (χ0n) is 22.3. The van der Waals surface area contributed by atoms with Crippen LogP contribution in [0.5, 0.6) is 11.5 Å². The molecule has 0 bridgehead atoms. The molecule has 4 aromatic rings. The summed E-state index contributed by atoms with van der Waals surface area (Å²) in [5.41, 5.74) is 0.312. The van der Waals surface area contributed by atoms with Crippen molar-refractivity contribution in [3.63, 3.8) is 0 Å². The van der Waals surface area contributed by atoms with Gasteiger partial charge in [0, 0.05) is 30.4 Å². The Bertz CT molecular complexity index is 1490. The monoisotopic (exact) mass is 585 g/mol. The molecule has 4 aromatic carbocycles.